The van der Waals surface area contributed by atoms with Crippen LogP contribution in [-0.2, 0) is 0 Å². The molecule has 3 heteroatoms. The summed E-state index contributed by atoms with van der Waals surface area (Å²) in [6, 6.07) is 12.9. The van der Waals surface area contributed by atoms with Crippen LogP contribution in [0.25, 0.3) is 0 Å². The second-order valence-corrected chi connectivity index (χ2v) is 5.37. The molecular weight excluding hydrogens is 273 g/mol. The van der Waals surface area contributed by atoms with Crippen molar-refractivity contribution in [3.05, 3.63) is 70.0 Å². The van der Waals surface area contributed by atoms with Gasteiger partial charge < -0.3 is 5.32 Å². The summed E-state index contributed by atoms with van der Waals surface area (Å²) in [5.41, 5.74) is 3.25. The highest BCUT2D eigenvalue weighted by molar-refractivity contribution is 6.31. The highest BCUT2D eigenvalue weighted by Gasteiger charge is 2.16. The van der Waals surface area contributed by atoms with E-state index >= 15 is 0 Å². The van der Waals surface area contributed by atoms with Crippen molar-refractivity contribution in [3.63, 3.8) is 0 Å². The average Bonchev–Trinajstić information content (AvgIpc) is 2.41. The van der Waals surface area contributed by atoms with E-state index in [0.29, 0.717) is 5.02 Å². The average molecular weight is 292 g/mol. The predicted octanol–water partition coefficient (Wildman–Crippen LogP) is 4.88. The Morgan fingerprint density at radius 3 is 2.65 bits per heavy atom. The lowest BCUT2D eigenvalue weighted by atomic mass is 9.97. The summed E-state index contributed by atoms with van der Waals surface area (Å²) in [6.07, 6.45) is 1.03. The van der Waals surface area contributed by atoms with E-state index in [0.717, 1.165) is 24.1 Å². The van der Waals surface area contributed by atoms with Crippen molar-refractivity contribution in [2.45, 2.75) is 26.3 Å². The Morgan fingerprint density at radius 1 is 1.20 bits per heavy atom. The van der Waals surface area contributed by atoms with Crippen molar-refractivity contribution in [2.24, 2.45) is 0 Å². The molecule has 1 unspecified atom stereocenters. The first kappa shape index (κ1) is 15.0. The van der Waals surface area contributed by atoms with Crippen LogP contribution in [0.1, 0.15) is 36.1 Å². The van der Waals surface area contributed by atoms with Crippen molar-refractivity contribution in [3.8, 4) is 0 Å². The summed E-state index contributed by atoms with van der Waals surface area (Å²) in [5.74, 6) is -0.308. The zero-order chi connectivity index (χ0) is 14.5. The van der Waals surface area contributed by atoms with Crippen LogP contribution in [0.4, 0.5) is 4.39 Å². The van der Waals surface area contributed by atoms with E-state index in [1.165, 1.54) is 17.7 Å². The van der Waals surface area contributed by atoms with Crippen LogP contribution in [0.2, 0.25) is 5.02 Å². The van der Waals surface area contributed by atoms with Crippen LogP contribution in [0.5, 0.6) is 0 Å². The van der Waals surface area contributed by atoms with Gasteiger partial charge in [0.2, 0.25) is 0 Å². The topological polar surface area (TPSA) is 12.0 Å². The minimum Gasteiger partial charge on any atom is -0.306 e. The third kappa shape index (κ3) is 3.59. The molecule has 0 amide bonds. The van der Waals surface area contributed by atoms with E-state index in [9.17, 15) is 4.39 Å². The van der Waals surface area contributed by atoms with Crippen molar-refractivity contribution < 1.29 is 4.39 Å². The molecule has 2 rings (SSSR count). The number of rotatable bonds is 5. The minimum absolute atomic E-state index is 0.0112. The first-order valence-electron chi connectivity index (χ1n) is 6.86. The molecule has 0 aliphatic carbocycles. The van der Waals surface area contributed by atoms with Crippen LogP contribution in [0.3, 0.4) is 0 Å². The third-order valence-electron chi connectivity index (χ3n) is 3.25. The van der Waals surface area contributed by atoms with Crippen LogP contribution in [-0.4, -0.2) is 6.54 Å². The van der Waals surface area contributed by atoms with Crippen molar-refractivity contribution in [2.75, 3.05) is 6.54 Å². The van der Waals surface area contributed by atoms with Crippen molar-refractivity contribution >= 4 is 11.6 Å². The van der Waals surface area contributed by atoms with Crippen LogP contribution in [0, 0.1) is 12.7 Å². The van der Waals surface area contributed by atoms with E-state index in [-0.39, 0.29) is 11.9 Å². The van der Waals surface area contributed by atoms with Gasteiger partial charge in [-0.1, -0.05) is 54.4 Å². The Labute approximate surface area is 124 Å². The Balaban J connectivity index is 2.41. The van der Waals surface area contributed by atoms with Gasteiger partial charge in [0.05, 0.1) is 6.04 Å². The minimum atomic E-state index is -0.308. The van der Waals surface area contributed by atoms with Crippen LogP contribution in [0.15, 0.2) is 42.5 Å². The molecule has 0 aliphatic rings. The molecule has 0 spiro atoms. The van der Waals surface area contributed by atoms with Crippen LogP contribution >= 0.6 is 11.6 Å². The Morgan fingerprint density at radius 2 is 2.00 bits per heavy atom. The number of aryl methyl sites for hydroxylation is 1. The molecule has 0 fully saturated rings. The fourth-order valence-electron chi connectivity index (χ4n) is 2.28. The van der Waals surface area contributed by atoms with Crippen molar-refractivity contribution in [1.82, 2.24) is 5.32 Å². The molecule has 1 atom stereocenters. The Bertz CT molecular complexity index is 583. The summed E-state index contributed by atoms with van der Waals surface area (Å²) >= 11 is 6.21. The number of nitrogens with one attached hydrogen (secondary N) is 1. The van der Waals surface area contributed by atoms with Gasteiger partial charge in [0.1, 0.15) is 5.82 Å². The number of hydrogen-bond donors (Lipinski definition) is 1. The standard InChI is InChI=1S/C17H19ClFN/c1-3-9-20-17(13-6-4-5-12(2)10-13)15-8-7-14(19)11-16(15)18/h4-8,10-11,17,20H,3,9H2,1-2H3. The summed E-state index contributed by atoms with van der Waals surface area (Å²) < 4.78 is 13.2. The monoisotopic (exact) mass is 291 g/mol. The lowest BCUT2D eigenvalue weighted by molar-refractivity contribution is 0.593. The normalized spacial score (nSPS) is 12.4. The fraction of sp³-hybridized carbons (Fsp3) is 0.294. The highest BCUT2D eigenvalue weighted by Crippen LogP contribution is 2.29. The van der Waals surface area contributed by atoms with E-state index in [1.807, 2.05) is 6.07 Å². The molecule has 0 saturated carbocycles. The highest BCUT2D eigenvalue weighted by atomic mass is 35.5. The maximum absolute atomic E-state index is 13.2. The lowest BCUT2D eigenvalue weighted by Crippen LogP contribution is -2.23. The molecule has 20 heavy (non-hydrogen) atoms. The van der Waals surface area contributed by atoms with Gasteiger partial charge in [0, 0.05) is 5.02 Å². The smallest absolute Gasteiger partial charge is 0.124 e. The largest absolute Gasteiger partial charge is 0.306 e. The maximum Gasteiger partial charge on any atom is 0.124 e. The lowest BCUT2D eigenvalue weighted by Gasteiger charge is -2.21. The quantitative estimate of drug-likeness (QED) is 0.828. The van der Waals surface area contributed by atoms with Gasteiger partial charge in [-0.3, -0.25) is 0 Å². The third-order valence-corrected chi connectivity index (χ3v) is 3.57. The molecule has 0 bridgehead atoms. The molecule has 0 saturated heterocycles. The molecule has 1 nitrogen and oxygen atoms in total. The molecule has 0 aromatic heterocycles. The fourth-order valence-corrected chi connectivity index (χ4v) is 2.56. The SMILES string of the molecule is CCCNC(c1cccc(C)c1)c1ccc(F)cc1Cl. The first-order valence-corrected chi connectivity index (χ1v) is 7.24. The van der Waals surface area contributed by atoms with E-state index in [4.69, 9.17) is 11.6 Å². The number of hydrogen-bond acceptors (Lipinski definition) is 1. The zero-order valence-electron chi connectivity index (χ0n) is 11.8. The summed E-state index contributed by atoms with van der Waals surface area (Å²) in [5, 5.41) is 3.94. The van der Waals surface area contributed by atoms with E-state index in [2.05, 4.69) is 37.4 Å². The van der Waals surface area contributed by atoms with Gasteiger partial charge in [-0.05, 0) is 43.1 Å². The maximum atomic E-state index is 13.2. The molecule has 2 aromatic rings. The Hall–Kier alpha value is -1.38. The van der Waals surface area contributed by atoms with E-state index in [1.54, 1.807) is 6.07 Å². The van der Waals surface area contributed by atoms with Gasteiger partial charge in [-0.15, -0.1) is 0 Å². The second kappa shape index (κ2) is 6.87. The van der Waals surface area contributed by atoms with Gasteiger partial charge in [0.25, 0.3) is 0 Å². The van der Waals surface area contributed by atoms with Gasteiger partial charge in [-0.25, -0.2) is 4.39 Å². The second-order valence-electron chi connectivity index (χ2n) is 4.97. The Kier molecular flexibility index (Phi) is 5.16. The predicted molar refractivity (Wildman–Crippen MR) is 82.7 cm³/mol. The van der Waals surface area contributed by atoms with Crippen molar-refractivity contribution in [1.29, 1.82) is 0 Å². The molecule has 106 valence electrons. The molecule has 2 aromatic carbocycles. The van der Waals surface area contributed by atoms with Gasteiger partial charge >= 0.3 is 0 Å². The zero-order valence-corrected chi connectivity index (χ0v) is 12.5. The van der Waals surface area contributed by atoms with E-state index < -0.39 is 0 Å². The van der Waals surface area contributed by atoms with Gasteiger partial charge in [-0.2, -0.15) is 0 Å². The number of halogens is 2. The molecule has 1 N–H and O–H groups in total. The first-order chi connectivity index (χ1) is 9.61. The van der Waals surface area contributed by atoms with Crippen LogP contribution < -0.4 is 5.32 Å². The molecule has 0 aliphatic heterocycles. The molecule has 0 heterocycles. The van der Waals surface area contributed by atoms with Gasteiger partial charge in [0.15, 0.2) is 0 Å². The summed E-state index contributed by atoms with van der Waals surface area (Å²) in [6.45, 7) is 5.06. The molecular formula is C17H19ClFN. The summed E-state index contributed by atoms with van der Waals surface area (Å²) in [4.78, 5) is 0. The summed E-state index contributed by atoms with van der Waals surface area (Å²) in [7, 11) is 0. The number of benzene rings is 2. The molecule has 0 radical (unpaired) electrons.